The van der Waals surface area contributed by atoms with E-state index in [-0.39, 0.29) is 0 Å². The second-order valence-corrected chi connectivity index (χ2v) is 6.62. The molecule has 0 radical (unpaired) electrons. The molecule has 1 nitrogen and oxygen atoms in total. The Morgan fingerprint density at radius 2 is 2.00 bits per heavy atom. The van der Waals surface area contributed by atoms with Crippen molar-refractivity contribution < 1.29 is 0 Å². The molecule has 1 aromatic rings. The lowest BCUT2D eigenvalue weighted by atomic mass is 10.1. The van der Waals surface area contributed by atoms with Gasteiger partial charge in [0.25, 0.3) is 0 Å². The molecule has 2 rings (SSSR count). The van der Waals surface area contributed by atoms with E-state index in [1.807, 2.05) is 11.8 Å². The van der Waals surface area contributed by atoms with Gasteiger partial charge in [-0.15, -0.1) is 11.8 Å². The Bertz CT molecular complexity index is 373. The maximum Gasteiger partial charge on any atom is 0.00748 e. The Balaban J connectivity index is 1.65. The molecule has 0 bridgehead atoms. The van der Waals surface area contributed by atoms with Crippen LogP contribution >= 0.6 is 11.8 Å². The molecule has 1 N–H and O–H groups in total. The van der Waals surface area contributed by atoms with Crippen LogP contribution in [0.25, 0.3) is 0 Å². The Labute approximate surface area is 116 Å². The number of aryl methyl sites for hydroxylation is 2. The molecule has 0 atom stereocenters. The summed E-state index contributed by atoms with van der Waals surface area (Å²) in [5.74, 6) is 1.25. The fraction of sp³-hybridized carbons (Fsp3) is 0.625. The van der Waals surface area contributed by atoms with Crippen molar-refractivity contribution in [2.75, 3.05) is 12.3 Å². The molecule has 100 valence electrons. The minimum atomic E-state index is 0.620. The van der Waals surface area contributed by atoms with Gasteiger partial charge in [-0.3, -0.25) is 0 Å². The van der Waals surface area contributed by atoms with Gasteiger partial charge in [-0.2, -0.15) is 0 Å². The highest BCUT2D eigenvalue weighted by molar-refractivity contribution is 7.99. The van der Waals surface area contributed by atoms with E-state index in [0.29, 0.717) is 6.04 Å². The van der Waals surface area contributed by atoms with Gasteiger partial charge in [0.2, 0.25) is 0 Å². The summed E-state index contributed by atoms with van der Waals surface area (Å²) in [6, 6.07) is 7.68. The Morgan fingerprint density at radius 1 is 1.17 bits per heavy atom. The zero-order chi connectivity index (χ0) is 12.8. The summed E-state index contributed by atoms with van der Waals surface area (Å²) in [4.78, 5) is 1.47. The van der Waals surface area contributed by atoms with Gasteiger partial charge >= 0.3 is 0 Å². The number of fused-ring (bicyclic) bond motifs is 1. The fourth-order valence-corrected chi connectivity index (χ4v) is 3.42. The molecule has 0 amide bonds. The second-order valence-electron chi connectivity index (χ2n) is 5.45. The Hall–Kier alpha value is -0.470. The average molecular weight is 263 g/mol. The quantitative estimate of drug-likeness (QED) is 0.588. The Kier molecular flexibility index (Phi) is 5.58. The van der Waals surface area contributed by atoms with E-state index in [9.17, 15) is 0 Å². The first-order valence-corrected chi connectivity index (χ1v) is 8.22. The predicted octanol–water partition coefficient (Wildman–Crippen LogP) is 4.05. The van der Waals surface area contributed by atoms with E-state index in [0.717, 1.165) is 6.54 Å². The number of unbranched alkanes of at least 4 members (excludes halogenated alkanes) is 1. The average Bonchev–Trinajstić information content (AvgIpc) is 2.80. The summed E-state index contributed by atoms with van der Waals surface area (Å²) in [6.07, 6.45) is 6.53. The van der Waals surface area contributed by atoms with Gasteiger partial charge in [-0.1, -0.05) is 19.9 Å². The smallest absolute Gasteiger partial charge is 0.00748 e. The maximum atomic E-state index is 3.47. The molecule has 0 aromatic heterocycles. The highest BCUT2D eigenvalue weighted by Crippen LogP contribution is 2.27. The van der Waals surface area contributed by atoms with Crippen LogP contribution in [-0.2, 0) is 12.8 Å². The van der Waals surface area contributed by atoms with Crippen molar-refractivity contribution in [2.24, 2.45) is 0 Å². The molecule has 0 aliphatic heterocycles. The summed E-state index contributed by atoms with van der Waals surface area (Å²) in [5.41, 5.74) is 3.18. The number of rotatable bonds is 7. The second kappa shape index (κ2) is 7.20. The van der Waals surface area contributed by atoms with Gasteiger partial charge in [-0.25, -0.2) is 0 Å². The molecule has 0 saturated carbocycles. The molecule has 0 saturated heterocycles. The first-order valence-electron chi connectivity index (χ1n) is 7.23. The molecule has 18 heavy (non-hydrogen) atoms. The van der Waals surface area contributed by atoms with E-state index in [1.165, 1.54) is 42.8 Å². The molecular formula is C16H25NS. The van der Waals surface area contributed by atoms with Crippen LogP contribution in [0.15, 0.2) is 23.1 Å². The van der Waals surface area contributed by atoms with Crippen LogP contribution in [0, 0.1) is 0 Å². The van der Waals surface area contributed by atoms with E-state index in [4.69, 9.17) is 0 Å². The lowest BCUT2D eigenvalue weighted by molar-refractivity contribution is 0.567. The molecule has 1 aliphatic rings. The maximum absolute atomic E-state index is 3.47. The van der Waals surface area contributed by atoms with Crippen LogP contribution in [0.3, 0.4) is 0 Å². The van der Waals surface area contributed by atoms with Gasteiger partial charge in [-0.05, 0) is 67.7 Å². The SMILES string of the molecule is CC(C)NCCCCSc1ccc2c(c1)CCC2. The molecule has 0 spiro atoms. The molecule has 1 aromatic carbocycles. The zero-order valence-electron chi connectivity index (χ0n) is 11.7. The molecule has 1 aliphatic carbocycles. The molecule has 0 fully saturated rings. The van der Waals surface area contributed by atoms with Gasteiger partial charge in [0.15, 0.2) is 0 Å². The van der Waals surface area contributed by atoms with E-state index in [2.05, 4.69) is 37.4 Å². The van der Waals surface area contributed by atoms with Gasteiger partial charge in [0.1, 0.15) is 0 Å². The van der Waals surface area contributed by atoms with Crippen LogP contribution in [-0.4, -0.2) is 18.3 Å². The largest absolute Gasteiger partial charge is 0.315 e. The fourth-order valence-electron chi connectivity index (χ4n) is 2.45. The van der Waals surface area contributed by atoms with E-state index >= 15 is 0 Å². The first kappa shape index (κ1) is 14.0. The van der Waals surface area contributed by atoms with Crippen LogP contribution in [0.2, 0.25) is 0 Å². The summed E-state index contributed by atoms with van der Waals surface area (Å²) in [7, 11) is 0. The van der Waals surface area contributed by atoms with Gasteiger partial charge in [0, 0.05) is 10.9 Å². The van der Waals surface area contributed by atoms with Crippen LogP contribution < -0.4 is 5.32 Å². The van der Waals surface area contributed by atoms with Gasteiger partial charge < -0.3 is 5.32 Å². The third-order valence-corrected chi connectivity index (χ3v) is 4.54. The van der Waals surface area contributed by atoms with Crippen molar-refractivity contribution in [3.63, 3.8) is 0 Å². The minimum absolute atomic E-state index is 0.620. The van der Waals surface area contributed by atoms with Crippen molar-refractivity contribution in [1.82, 2.24) is 5.32 Å². The molecule has 0 unspecified atom stereocenters. The summed E-state index contributed by atoms with van der Waals surface area (Å²) >= 11 is 2.02. The zero-order valence-corrected chi connectivity index (χ0v) is 12.5. The predicted molar refractivity (Wildman–Crippen MR) is 81.6 cm³/mol. The number of hydrogen-bond acceptors (Lipinski definition) is 2. The standard InChI is InChI=1S/C16H25NS/c1-13(2)17-10-3-4-11-18-16-9-8-14-6-5-7-15(14)12-16/h8-9,12-13,17H,3-7,10-11H2,1-2H3. The molecule has 0 heterocycles. The lowest BCUT2D eigenvalue weighted by Gasteiger charge is -2.08. The third kappa shape index (κ3) is 4.33. The highest BCUT2D eigenvalue weighted by Gasteiger charge is 2.10. The highest BCUT2D eigenvalue weighted by atomic mass is 32.2. The minimum Gasteiger partial charge on any atom is -0.315 e. The van der Waals surface area contributed by atoms with Crippen molar-refractivity contribution in [1.29, 1.82) is 0 Å². The first-order chi connectivity index (χ1) is 8.75. The van der Waals surface area contributed by atoms with Crippen molar-refractivity contribution in [3.8, 4) is 0 Å². The van der Waals surface area contributed by atoms with Crippen LogP contribution in [0.4, 0.5) is 0 Å². The van der Waals surface area contributed by atoms with Crippen LogP contribution in [0.1, 0.15) is 44.2 Å². The molecule has 2 heteroatoms. The summed E-state index contributed by atoms with van der Waals surface area (Å²) < 4.78 is 0. The normalized spacial score (nSPS) is 14.2. The van der Waals surface area contributed by atoms with Crippen molar-refractivity contribution in [2.45, 2.75) is 56.9 Å². The monoisotopic (exact) mass is 263 g/mol. The number of benzene rings is 1. The molecular weight excluding hydrogens is 238 g/mol. The number of nitrogens with one attached hydrogen (secondary N) is 1. The summed E-state index contributed by atoms with van der Waals surface area (Å²) in [5, 5.41) is 3.47. The van der Waals surface area contributed by atoms with Crippen molar-refractivity contribution >= 4 is 11.8 Å². The Morgan fingerprint density at radius 3 is 2.83 bits per heavy atom. The number of thioether (sulfide) groups is 1. The van der Waals surface area contributed by atoms with E-state index < -0.39 is 0 Å². The van der Waals surface area contributed by atoms with E-state index in [1.54, 1.807) is 11.1 Å². The third-order valence-electron chi connectivity index (χ3n) is 3.46. The van der Waals surface area contributed by atoms with Crippen molar-refractivity contribution in [3.05, 3.63) is 29.3 Å². The lowest BCUT2D eigenvalue weighted by Crippen LogP contribution is -2.23. The van der Waals surface area contributed by atoms with Gasteiger partial charge in [0.05, 0.1) is 0 Å². The summed E-state index contributed by atoms with van der Waals surface area (Å²) in [6.45, 7) is 5.57. The topological polar surface area (TPSA) is 12.0 Å². The number of hydrogen-bond donors (Lipinski definition) is 1. The van der Waals surface area contributed by atoms with Crippen LogP contribution in [0.5, 0.6) is 0 Å².